The quantitative estimate of drug-likeness (QED) is 0.451. The Balaban J connectivity index is 1.67. The molecule has 0 spiro atoms. The largest absolute Gasteiger partial charge is 0.480 e. The van der Waals surface area contributed by atoms with E-state index in [4.69, 9.17) is 16.3 Å². The second-order valence-electron chi connectivity index (χ2n) is 6.41. The average molecular weight is 457 g/mol. The summed E-state index contributed by atoms with van der Waals surface area (Å²) in [5.74, 6) is 0.474. The van der Waals surface area contributed by atoms with E-state index >= 15 is 0 Å². The van der Waals surface area contributed by atoms with E-state index in [-0.39, 0.29) is 15.8 Å². The zero-order valence-corrected chi connectivity index (χ0v) is 18.1. The van der Waals surface area contributed by atoms with Gasteiger partial charge in [0.2, 0.25) is 11.8 Å². The Kier molecular flexibility index (Phi) is 5.57. The number of methoxy groups -OCH3 is 1. The first kappa shape index (κ1) is 20.8. The van der Waals surface area contributed by atoms with Crippen LogP contribution in [0, 0.1) is 0 Å². The first-order valence-corrected chi connectivity index (χ1v) is 10.9. The number of anilines is 2. The number of hydrogen-bond acceptors (Lipinski definition) is 8. The van der Waals surface area contributed by atoms with Crippen molar-refractivity contribution in [1.29, 1.82) is 0 Å². The van der Waals surface area contributed by atoms with Gasteiger partial charge in [0.25, 0.3) is 10.0 Å². The predicted molar refractivity (Wildman–Crippen MR) is 119 cm³/mol. The number of sulfonamides is 1. The summed E-state index contributed by atoms with van der Waals surface area (Å²) in [6, 6.07) is 10.1. The van der Waals surface area contributed by atoms with E-state index < -0.39 is 10.0 Å². The molecular weight excluding hydrogens is 440 g/mol. The standard InChI is InChI=1S/C20H17ClN6O3S/c1-22-20-25-10-13-7-12(3-4-16(13)26-20)17-9-15(5-6-23-17)27-31(28,29)18-8-14(21)11-24-19(18)30-2/h3-11H,1-2H3,(H,23,27)(H,22,25,26). The summed E-state index contributed by atoms with van der Waals surface area (Å²) < 4.78 is 33.3. The molecule has 0 aliphatic carbocycles. The summed E-state index contributed by atoms with van der Waals surface area (Å²) >= 11 is 5.92. The van der Waals surface area contributed by atoms with Gasteiger partial charge in [-0.05, 0) is 30.3 Å². The molecule has 1 aromatic carbocycles. The number of nitrogens with zero attached hydrogens (tertiary/aromatic N) is 4. The molecule has 0 unspecified atom stereocenters. The lowest BCUT2D eigenvalue weighted by molar-refractivity contribution is 0.385. The van der Waals surface area contributed by atoms with Crippen molar-refractivity contribution in [3.8, 4) is 17.1 Å². The van der Waals surface area contributed by atoms with Crippen LogP contribution in [0.5, 0.6) is 5.88 Å². The van der Waals surface area contributed by atoms with Crippen molar-refractivity contribution < 1.29 is 13.2 Å². The number of nitrogens with one attached hydrogen (secondary N) is 2. The molecule has 4 rings (SSSR count). The fourth-order valence-electron chi connectivity index (χ4n) is 2.93. The number of fused-ring (bicyclic) bond motifs is 1. The lowest BCUT2D eigenvalue weighted by atomic mass is 10.1. The van der Waals surface area contributed by atoms with Crippen molar-refractivity contribution in [3.05, 3.63) is 60.0 Å². The van der Waals surface area contributed by atoms with Crippen LogP contribution in [-0.4, -0.2) is 42.5 Å². The average Bonchev–Trinajstić information content (AvgIpc) is 2.78. The summed E-state index contributed by atoms with van der Waals surface area (Å²) in [6.07, 6.45) is 4.54. The molecule has 0 radical (unpaired) electrons. The van der Waals surface area contributed by atoms with Crippen LogP contribution in [-0.2, 0) is 10.0 Å². The highest BCUT2D eigenvalue weighted by Crippen LogP contribution is 2.28. The molecule has 0 saturated heterocycles. The molecule has 3 aromatic heterocycles. The van der Waals surface area contributed by atoms with Gasteiger partial charge in [0, 0.05) is 36.6 Å². The van der Waals surface area contributed by atoms with Crippen molar-refractivity contribution in [2.45, 2.75) is 4.90 Å². The number of aromatic nitrogens is 4. The van der Waals surface area contributed by atoms with Crippen molar-refractivity contribution in [2.75, 3.05) is 24.2 Å². The van der Waals surface area contributed by atoms with Gasteiger partial charge >= 0.3 is 0 Å². The third kappa shape index (κ3) is 4.35. The number of benzene rings is 1. The monoisotopic (exact) mass is 456 g/mol. The highest BCUT2D eigenvalue weighted by molar-refractivity contribution is 7.92. The molecule has 0 aliphatic heterocycles. The molecule has 0 aliphatic rings. The summed E-state index contributed by atoms with van der Waals surface area (Å²) in [7, 11) is -0.909. The minimum Gasteiger partial charge on any atom is -0.480 e. The van der Waals surface area contributed by atoms with E-state index in [0.717, 1.165) is 16.5 Å². The van der Waals surface area contributed by atoms with Crippen LogP contribution in [0.2, 0.25) is 5.02 Å². The molecule has 9 nitrogen and oxygen atoms in total. The minimum atomic E-state index is -4.00. The highest BCUT2D eigenvalue weighted by Gasteiger charge is 2.22. The van der Waals surface area contributed by atoms with Gasteiger partial charge in [-0.15, -0.1) is 0 Å². The summed E-state index contributed by atoms with van der Waals surface area (Å²) in [4.78, 5) is 16.7. The number of hydrogen-bond donors (Lipinski definition) is 2. The molecule has 0 amide bonds. The van der Waals surface area contributed by atoms with Crippen molar-refractivity contribution >= 4 is 44.2 Å². The first-order valence-electron chi connectivity index (χ1n) is 9.03. The topological polar surface area (TPSA) is 119 Å². The summed E-state index contributed by atoms with van der Waals surface area (Å²) in [6.45, 7) is 0. The Labute approximate surface area is 183 Å². The van der Waals surface area contributed by atoms with Crippen molar-refractivity contribution in [2.24, 2.45) is 0 Å². The number of pyridine rings is 2. The molecular formula is C20H17ClN6O3S. The smallest absolute Gasteiger partial charge is 0.267 e. The molecule has 158 valence electrons. The fraction of sp³-hybridized carbons (Fsp3) is 0.100. The van der Waals surface area contributed by atoms with Gasteiger partial charge in [0.1, 0.15) is 0 Å². The Hall–Kier alpha value is -3.50. The van der Waals surface area contributed by atoms with E-state index in [1.54, 1.807) is 25.4 Å². The van der Waals surface area contributed by atoms with Gasteiger partial charge in [0.15, 0.2) is 4.90 Å². The van der Waals surface area contributed by atoms with Crippen LogP contribution in [0.15, 0.2) is 59.9 Å². The molecule has 0 saturated carbocycles. The predicted octanol–water partition coefficient (Wildman–Crippen LogP) is 3.59. The Morgan fingerprint density at radius 1 is 1.03 bits per heavy atom. The van der Waals surface area contributed by atoms with E-state index in [1.165, 1.54) is 25.6 Å². The first-order chi connectivity index (χ1) is 14.9. The Morgan fingerprint density at radius 2 is 1.87 bits per heavy atom. The highest BCUT2D eigenvalue weighted by atomic mass is 35.5. The maximum atomic E-state index is 12.9. The number of ether oxygens (including phenoxy) is 1. The molecule has 0 fully saturated rings. The third-order valence-corrected chi connectivity index (χ3v) is 5.96. The summed E-state index contributed by atoms with van der Waals surface area (Å²) in [5.41, 5.74) is 2.47. The minimum absolute atomic E-state index is 0.0540. The zero-order valence-electron chi connectivity index (χ0n) is 16.5. The van der Waals surface area contributed by atoms with E-state index in [1.807, 2.05) is 18.2 Å². The third-order valence-electron chi connectivity index (χ3n) is 4.38. The molecule has 3 heterocycles. The Morgan fingerprint density at radius 3 is 2.65 bits per heavy atom. The number of halogens is 1. The maximum absolute atomic E-state index is 12.9. The van der Waals surface area contributed by atoms with E-state index in [0.29, 0.717) is 17.3 Å². The molecule has 0 atom stereocenters. The lowest BCUT2D eigenvalue weighted by Gasteiger charge is -2.12. The lowest BCUT2D eigenvalue weighted by Crippen LogP contribution is -2.15. The SMILES string of the molecule is CNc1ncc2cc(-c3cc(NS(=O)(=O)c4cc(Cl)cnc4OC)ccn3)ccc2n1. The molecule has 31 heavy (non-hydrogen) atoms. The van der Waals surface area contributed by atoms with Gasteiger partial charge < -0.3 is 10.1 Å². The second kappa shape index (κ2) is 8.32. The van der Waals surface area contributed by atoms with Crippen LogP contribution >= 0.6 is 11.6 Å². The molecule has 2 N–H and O–H groups in total. The van der Waals surface area contributed by atoms with Gasteiger partial charge in [0.05, 0.1) is 29.0 Å². The molecule has 4 aromatic rings. The van der Waals surface area contributed by atoms with Gasteiger partial charge in [-0.3, -0.25) is 9.71 Å². The Bertz CT molecular complexity index is 1380. The molecule has 11 heteroatoms. The van der Waals surface area contributed by atoms with E-state index in [2.05, 4.69) is 30.0 Å². The van der Waals surface area contributed by atoms with Crippen LogP contribution in [0.3, 0.4) is 0 Å². The van der Waals surface area contributed by atoms with E-state index in [9.17, 15) is 8.42 Å². The van der Waals surface area contributed by atoms with Crippen LogP contribution in [0.1, 0.15) is 0 Å². The van der Waals surface area contributed by atoms with Gasteiger partial charge in [-0.1, -0.05) is 17.7 Å². The van der Waals surface area contributed by atoms with Crippen molar-refractivity contribution in [1.82, 2.24) is 19.9 Å². The normalized spacial score (nSPS) is 11.3. The van der Waals surface area contributed by atoms with Crippen LogP contribution in [0.4, 0.5) is 11.6 Å². The maximum Gasteiger partial charge on any atom is 0.267 e. The van der Waals surface area contributed by atoms with Crippen LogP contribution < -0.4 is 14.8 Å². The molecule has 0 bridgehead atoms. The zero-order chi connectivity index (χ0) is 22.0. The van der Waals surface area contributed by atoms with Gasteiger partial charge in [-0.25, -0.2) is 23.4 Å². The van der Waals surface area contributed by atoms with Crippen molar-refractivity contribution in [3.63, 3.8) is 0 Å². The fourth-order valence-corrected chi connectivity index (χ4v) is 4.35. The van der Waals surface area contributed by atoms with Crippen LogP contribution in [0.25, 0.3) is 22.2 Å². The van der Waals surface area contributed by atoms with Gasteiger partial charge in [-0.2, -0.15) is 0 Å². The second-order valence-corrected chi connectivity index (χ2v) is 8.50. The summed E-state index contributed by atoms with van der Waals surface area (Å²) in [5, 5.41) is 3.91. The number of rotatable bonds is 6.